The minimum atomic E-state index is -0.811. The molecular weight excluding hydrogens is 351 g/mol. The topological polar surface area (TPSA) is 55.8 Å². The zero-order valence-electron chi connectivity index (χ0n) is 13.2. The van der Waals surface area contributed by atoms with Gasteiger partial charge in [0.05, 0.1) is 10.9 Å². The molecule has 2 aromatic rings. The molecule has 1 atom stereocenters. The van der Waals surface area contributed by atoms with Gasteiger partial charge in [0.15, 0.2) is 0 Å². The summed E-state index contributed by atoms with van der Waals surface area (Å²) in [5.74, 6) is -0.0187. The summed E-state index contributed by atoms with van der Waals surface area (Å²) in [5.41, 5.74) is 0.920. The lowest BCUT2D eigenvalue weighted by atomic mass is 10.0. The molecule has 0 radical (unpaired) electrons. The molecular formula is C18H18Cl2O4. The molecule has 24 heavy (non-hydrogen) atoms. The molecule has 0 aromatic heterocycles. The van der Waals surface area contributed by atoms with Crippen LogP contribution >= 0.6 is 23.2 Å². The Hall–Kier alpha value is -1.91. The predicted molar refractivity (Wildman–Crippen MR) is 94.4 cm³/mol. The fourth-order valence-corrected chi connectivity index (χ4v) is 2.57. The standard InChI is InChI=1S/C18H18Cl2O4/c1-12(18(21)22)9-13-3-2-4-15(10-13)23-7-8-24-17-6-5-14(19)11-16(17)20/h2-6,10-12H,7-9H2,1H3,(H,21,22). The van der Waals surface area contributed by atoms with Crippen molar-refractivity contribution < 1.29 is 19.4 Å². The molecule has 0 aliphatic heterocycles. The number of rotatable bonds is 8. The van der Waals surface area contributed by atoms with Crippen LogP contribution in [0.4, 0.5) is 0 Å². The molecule has 1 N–H and O–H groups in total. The highest BCUT2D eigenvalue weighted by Gasteiger charge is 2.11. The summed E-state index contributed by atoms with van der Waals surface area (Å²) in [5, 5.41) is 9.97. The number of carboxylic acid groups (broad SMARTS) is 1. The number of carbonyl (C=O) groups is 1. The van der Waals surface area contributed by atoms with Crippen molar-refractivity contribution in [1.29, 1.82) is 0 Å². The van der Waals surface area contributed by atoms with E-state index in [2.05, 4.69) is 0 Å². The lowest BCUT2D eigenvalue weighted by Gasteiger charge is -2.11. The molecule has 2 rings (SSSR count). The van der Waals surface area contributed by atoms with Gasteiger partial charge in [0, 0.05) is 5.02 Å². The molecule has 0 saturated carbocycles. The third-order valence-electron chi connectivity index (χ3n) is 3.37. The van der Waals surface area contributed by atoms with Crippen molar-refractivity contribution in [3.63, 3.8) is 0 Å². The van der Waals surface area contributed by atoms with Gasteiger partial charge in [0.2, 0.25) is 0 Å². The molecule has 0 fully saturated rings. The maximum absolute atomic E-state index is 10.9. The smallest absolute Gasteiger partial charge is 0.306 e. The first kappa shape index (κ1) is 18.4. The summed E-state index contributed by atoms with van der Waals surface area (Å²) in [7, 11) is 0. The van der Waals surface area contributed by atoms with E-state index in [1.54, 1.807) is 25.1 Å². The molecule has 0 bridgehead atoms. The largest absolute Gasteiger partial charge is 0.490 e. The first-order valence-corrected chi connectivity index (χ1v) is 8.23. The van der Waals surface area contributed by atoms with Crippen molar-refractivity contribution in [2.45, 2.75) is 13.3 Å². The summed E-state index contributed by atoms with van der Waals surface area (Å²) in [6, 6.07) is 12.4. The van der Waals surface area contributed by atoms with Gasteiger partial charge in [-0.25, -0.2) is 0 Å². The Bertz CT molecular complexity index is 703. The van der Waals surface area contributed by atoms with E-state index in [0.29, 0.717) is 41.2 Å². The van der Waals surface area contributed by atoms with Crippen LogP contribution in [0, 0.1) is 5.92 Å². The molecule has 0 aliphatic carbocycles. The van der Waals surface area contributed by atoms with E-state index in [-0.39, 0.29) is 0 Å². The zero-order valence-corrected chi connectivity index (χ0v) is 14.7. The molecule has 0 amide bonds. The minimum absolute atomic E-state index is 0.330. The first-order chi connectivity index (χ1) is 11.5. The van der Waals surface area contributed by atoms with Crippen molar-refractivity contribution in [3.05, 3.63) is 58.1 Å². The second kappa shape index (κ2) is 8.81. The zero-order chi connectivity index (χ0) is 17.5. The van der Waals surface area contributed by atoms with E-state index < -0.39 is 11.9 Å². The van der Waals surface area contributed by atoms with Gasteiger partial charge in [-0.05, 0) is 42.3 Å². The number of hydrogen-bond donors (Lipinski definition) is 1. The van der Waals surface area contributed by atoms with Crippen LogP contribution in [-0.4, -0.2) is 24.3 Å². The fraction of sp³-hybridized carbons (Fsp3) is 0.278. The number of benzene rings is 2. The minimum Gasteiger partial charge on any atom is -0.490 e. The first-order valence-electron chi connectivity index (χ1n) is 7.48. The Balaban J connectivity index is 1.83. The average Bonchev–Trinajstić information content (AvgIpc) is 2.53. The van der Waals surface area contributed by atoms with Gasteiger partial charge in [-0.1, -0.05) is 42.3 Å². The van der Waals surface area contributed by atoms with E-state index in [1.807, 2.05) is 24.3 Å². The van der Waals surface area contributed by atoms with Crippen LogP contribution in [0.3, 0.4) is 0 Å². The molecule has 0 spiro atoms. The van der Waals surface area contributed by atoms with E-state index in [4.69, 9.17) is 37.8 Å². The van der Waals surface area contributed by atoms with E-state index >= 15 is 0 Å². The van der Waals surface area contributed by atoms with Crippen LogP contribution < -0.4 is 9.47 Å². The predicted octanol–water partition coefficient (Wildman–Crippen LogP) is 4.71. The highest BCUT2D eigenvalue weighted by Crippen LogP contribution is 2.27. The molecule has 0 saturated heterocycles. The Kier molecular flexibility index (Phi) is 6.76. The van der Waals surface area contributed by atoms with E-state index in [1.165, 1.54) is 0 Å². The van der Waals surface area contributed by atoms with Gasteiger partial charge in [-0.3, -0.25) is 4.79 Å². The van der Waals surface area contributed by atoms with Crippen LogP contribution in [0.15, 0.2) is 42.5 Å². The van der Waals surface area contributed by atoms with Crippen molar-refractivity contribution >= 4 is 29.2 Å². The van der Waals surface area contributed by atoms with Gasteiger partial charge in [0.25, 0.3) is 0 Å². The van der Waals surface area contributed by atoms with Crippen LogP contribution in [0.5, 0.6) is 11.5 Å². The second-order valence-corrected chi connectivity index (χ2v) is 6.21. The normalized spacial score (nSPS) is 11.8. The van der Waals surface area contributed by atoms with Crippen LogP contribution in [0.25, 0.3) is 0 Å². The summed E-state index contributed by atoms with van der Waals surface area (Å²) >= 11 is 11.8. The quantitative estimate of drug-likeness (QED) is 0.685. The van der Waals surface area contributed by atoms with Crippen LogP contribution in [0.2, 0.25) is 10.0 Å². The van der Waals surface area contributed by atoms with Crippen LogP contribution in [-0.2, 0) is 11.2 Å². The van der Waals surface area contributed by atoms with Crippen molar-refractivity contribution in [3.8, 4) is 11.5 Å². The number of carboxylic acids is 1. The summed E-state index contributed by atoms with van der Waals surface area (Å²) in [6.45, 7) is 2.35. The van der Waals surface area contributed by atoms with Gasteiger partial charge >= 0.3 is 5.97 Å². The Labute approximate surface area is 150 Å². The molecule has 0 heterocycles. The third-order valence-corrected chi connectivity index (χ3v) is 3.90. The highest BCUT2D eigenvalue weighted by atomic mass is 35.5. The molecule has 128 valence electrons. The number of ether oxygens (including phenoxy) is 2. The van der Waals surface area contributed by atoms with Crippen molar-refractivity contribution in [2.75, 3.05) is 13.2 Å². The monoisotopic (exact) mass is 368 g/mol. The van der Waals surface area contributed by atoms with Crippen molar-refractivity contribution in [1.82, 2.24) is 0 Å². The number of aliphatic carboxylic acids is 1. The SMILES string of the molecule is CC(Cc1cccc(OCCOc2ccc(Cl)cc2Cl)c1)C(=O)O. The van der Waals surface area contributed by atoms with Gasteiger partial charge in [0.1, 0.15) is 24.7 Å². The lowest BCUT2D eigenvalue weighted by Crippen LogP contribution is -2.12. The molecule has 0 aliphatic rings. The maximum atomic E-state index is 10.9. The number of halogens is 2. The number of hydrogen-bond acceptors (Lipinski definition) is 3. The Morgan fingerprint density at radius 3 is 2.58 bits per heavy atom. The van der Waals surface area contributed by atoms with E-state index in [0.717, 1.165) is 5.56 Å². The summed E-state index contributed by atoms with van der Waals surface area (Å²) in [6.07, 6.45) is 0.462. The highest BCUT2D eigenvalue weighted by molar-refractivity contribution is 6.35. The van der Waals surface area contributed by atoms with Gasteiger partial charge in [-0.15, -0.1) is 0 Å². The summed E-state index contributed by atoms with van der Waals surface area (Å²) in [4.78, 5) is 10.9. The Morgan fingerprint density at radius 2 is 1.88 bits per heavy atom. The van der Waals surface area contributed by atoms with Gasteiger partial charge in [-0.2, -0.15) is 0 Å². The molecule has 1 unspecified atom stereocenters. The van der Waals surface area contributed by atoms with E-state index in [9.17, 15) is 4.79 Å². The second-order valence-electron chi connectivity index (χ2n) is 5.36. The maximum Gasteiger partial charge on any atom is 0.306 e. The van der Waals surface area contributed by atoms with Gasteiger partial charge < -0.3 is 14.6 Å². The lowest BCUT2D eigenvalue weighted by molar-refractivity contribution is -0.141. The summed E-state index contributed by atoms with van der Waals surface area (Å²) < 4.78 is 11.2. The molecule has 6 heteroatoms. The fourth-order valence-electron chi connectivity index (χ4n) is 2.11. The molecule has 4 nitrogen and oxygen atoms in total. The molecule has 2 aromatic carbocycles. The average molecular weight is 369 g/mol. The Morgan fingerprint density at radius 1 is 1.12 bits per heavy atom. The van der Waals surface area contributed by atoms with Crippen molar-refractivity contribution in [2.24, 2.45) is 5.92 Å². The van der Waals surface area contributed by atoms with Crippen LogP contribution in [0.1, 0.15) is 12.5 Å². The third kappa shape index (κ3) is 5.62.